The van der Waals surface area contributed by atoms with E-state index in [0.29, 0.717) is 5.02 Å². The third-order valence-corrected chi connectivity index (χ3v) is 3.98. The molecule has 1 aromatic heterocycles. The van der Waals surface area contributed by atoms with Gasteiger partial charge in [-0.05, 0) is 61.2 Å². The van der Waals surface area contributed by atoms with Gasteiger partial charge >= 0.3 is 0 Å². The lowest BCUT2D eigenvalue weighted by Crippen LogP contribution is -2.22. The summed E-state index contributed by atoms with van der Waals surface area (Å²) in [5.41, 5.74) is 2.21. The highest BCUT2D eigenvalue weighted by Gasteiger charge is 2.22. The van der Waals surface area contributed by atoms with E-state index >= 15 is 0 Å². The summed E-state index contributed by atoms with van der Waals surface area (Å²) in [6, 6.07) is 8.74. The van der Waals surface area contributed by atoms with E-state index < -0.39 is 0 Å². The average molecular weight is 390 g/mol. The van der Waals surface area contributed by atoms with E-state index in [4.69, 9.17) is 11.6 Å². The van der Waals surface area contributed by atoms with Crippen LogP contribution >= 0.6 is 34.2 Å². The monoisotopic (exact) mass is 389 g/mol. The summed E-state index contributed by atoms with van der Waals surface area (Å²) in [5, 5.41) is 8.41. The van der Waals surface area contributed by atoms with Crippen LogP contribution in [0.5, 0.6) is 0 Å². The third kappa shape index (κ3) is 3.12. The van der Waals surface area contributed by atoms with Gasteiger partial charge in [0.25, 0.3) is 0 Å². The minimum Gasteiger partial charge on any atom is -0.308 e. The molecular formula is C14H17ClIN3. The number of nitrogens with zero attached hydrogens (tertiary/aromatic N) is 2. The van der Waals surface area contributed by atoms with Crippen LogP contribution in [-0.4, -0.2) is 16.8 Å². The summed E-state index contributed by atoms with van der Waals surface area (Å²) in [6.45, 7) is 4.21. The third-order valence-electron chi connectivity index (χ3n) is 3.02. The maximum Gasteiger partial charge on any atom is 0.0837 e. The number of hydrogen-bond donors (Lipinski definition) is 1. The Bertz CT molecular complexity index is 566. The zero-order valence-electron chi connectivity index (χ0n) is 11.2. The fraction of sp³-hybridized carbons (Fsp3) is 0.357. The lowest BCUT2D eigenvalue weighted by atomic mass is 10.0. The lowest BCUT2D eigenvalue weighted by molar-refractivity contribution is 0.484. The first-order valence-electron chi connectivity index (χ1n) is 6.20. The molecule has 2 aromatic rings. The number of benzene rings is 1. The van der Waals surface area contributed by atoms with E-state index in [1.54, 1.807) is 6.20 Å². The molecule has 1 heterocycles. The Morgan fingerprint density at radius 1 is 1.37 bits per heavy atom. The average Bonchev–Trinajstić information content (AvgIpc) is 2.73. The van der Waals surface area contributed by atoms with Gasteiger partial charge in [0.1, 0.15) is 0 Å². The van der Waals surface area contributed by atoms with Crippen molar-refractivity contribution in [1.82, 2.24) is 15.1 Å². The van der Waals surface area contributed by atoms with Crippen molar-refractivity contribution in [3.63, 3.8) is 0 Å². The molecule has 3 nitrogen and oxygen atoms in total. The second-order valence-corrected chi connectivity index (χ2v) is 6.35. The fourth-order valence-electron chi connectivity index (χ4n) is 2.18. The molecule has 0 aliphatic heterocycles. The quantitative estimate of drug-likeness (QED) is 0.800. The Balaban J connectivity index is 2.51. The van der Waals surface area contributed by atoms with E-state index in [2.05, 4.69) is 71.1 Å². The van der Waals surface area contributed by atoms with E-state index in [9.17, 15) is 0 Å². The van der Waals surface area contributed by atoms with Gasteiger partial charge in [0.2, 0.25) is 0 Å². The fourth-order valence-corrected chi connectivity index (χ4v) is 2.99. The molecule has 0 saturated carbocycles. The van der Waals surface area contributed by atoms with Crippen LogP contribution in [0.3, 0.4) is 0 Å². The van der Waals surface area contributed by atoms with Gasteiger partial charge in [0.05, 0.1) is 23.0 Å². The largest absolute Gasteiger partial charge is 0.308 e. The molecule has 1 atom stereocenters. The lowest BCUT2D eigenvalue weighted by Gasteiger charge is -2.21. The summed E-state index contributed by atoms with van der Waals surface area (Å²) in [5.74, 6) is 0. The van der Waals surface area contributed by atoms with Crippen LogP contribution in [0, 0.1) is 3.57 Å². The number of halogens is 2. The first kappa shape index (κ1) is 14.8. The zero-order valence-corrected chi connectivity index (χ0v) is 14.1. The molecule has 0 bridgehead atoms. The molecule has 0 fully saturated rings. The molecule has 0 spiro atoms. The Kier molecular flexibility index (Phi) is 4.86. The molecule has 1 aromatic carbocycles. The molecule has 1 N–H and O–H groups in total. The van der Waals surface area contributed by atoms with Gasteiger partial charge in [-0.2, -0.15) is 5.10 Å². The number of hydrogen-bond acceptors (Lipinski definition) is 2. The highest BCUT2D eigenvalue weighted by Crippen LogP contribution is 2.30. The van der Waals surface area contributed by atoms with Crippen LogP contribution in [0.25, 0.3) is 0 Å². The van der Waals surface area contributed by atoms with Crippen LogP contribution in [0.15, 0.2) is 30.5 Å². The van der Waals surface area contributed by atoms with Crippen molar-refractivity contribution in [2.45, 2.75) is 25.9 Å². The molecule has 0 aliphatic carbocycles. The number of nitrogens with one attached hydrogen (secondary N) is 1. The van der Waals surface area contributed by atoms with E-state index in [1.165, 1.54) is 9.13 Å². The molecule has 2 rings (SSSR count). The summed E-state index contributed by atoms with van der Waals surface area (Å²) in [6.07, 6.45) is 1.72. The topological polar surface area (TPSA) is 29.9 Å². The minimum absolute atomic E-state index is 0.0483. The molecule has 1 unspecified atom stereocenters. The number of rotatable bonds is 4. The molecular weight excluding hydrogens is 373 g/mol. The molecule has 0 saturated heterocycles. The van der Waals surface area contributed by atoms with Crippen LogP contribution in [0.1, 0.15) is 37.2 Å². The Hall–Kier alpha value is -0.590. The highest BCUT2D eigenvalue weighted by atomic mass is 127. The second-order valence-electron chi connectivity index (χ2n) is 4.69. The van der Waals surface area contributed by atoms with Crippen molar-refractivity contribution in [2.75, 3.05) is 7.05 Å². The predicted molar refractivity (Wildman–Crippen MR) is 87.7 cm³/mol. The van der Waals surface area contributed by atoms with E-state index in [1.807, 2.05) is 11.7 Å². The SMILES string of the molecule is CNC(c1cccc(I)c1)c1c(Cl)cnn1C(C)C. The molecule has 0 amide bonds. The van der Waals surface area contributed by atoms with Crippen molar-refractivity contribution < 1.29 is 0 Å². The van der Waals surface area contributed by atoms with Crippen LogP contribution in [0.4, 0.5) is 0 Å². The summed E-state index contributed by atoms with van der Waals surface area (Å²) >= 11 is 8.65. The molecule has 0 radical (unpaired) electrons. The standard InChI is InChI=1S/C14H17ClIN3/c1-9(2)19-14(12(15)8-18-19)13(17-3)10-5-4-6-11(16)7-10/h4-9,13,17H,1-3H3. The smallest absolute Gasteiger partial charge is 0.0837 e. The van der Waals surface area contributed by atoms with Crippen LogP contribution in [-0.2, 0) is 0 Å². The maximum absolute atomic E-state index is 6.33. The normalized spacial score (nSPS) is 12.9. The van der Waals surface area contributed by atoms with Crippen LogP contribution < -0.4 is 5.32 Å². The Morgan fingerprint density at radius 2 is 2.11 bits per heavy atom. The molecule has 5 heteroatoms. The van der Waals surface area contributed by atoms with Gasteiger partial charge in [0, 0.05) is 9.61 Å². The van der Waals surface area contributed by atoms with Crippen LogP contribution in [0.2, 0.25) is 5.02 Å². The van der Waals surface area contributed by atoms with Crippen molar-refractivity contribution in [2.24, 2.45) is 0 Å². The van der Waals surface area contributed by atoms with Gasteiger partial charge in [0.15, 0.2) is 0 Å². The summed E-state index contributed by atoms with van der Waals surface area (Å²) in [7, 11) is 1.94. The van der Waals surface area contributed by atoms with Gasteiger partial charge < -0.3 is 5.32 Å². The number of aromatic nitrogens is 2. The minimum atomic E-state index is 0.0483. The first-order chi connectivity index (χ1) is 9.04. The zero-order chi connectivity index (χ0) is 14.0. The first-order valence-corrected chi connectivity index (χ1v) is 7.66. The molecule has 0 aliphatic rings. The van der Waals surface area contributed by atoms with E-state index in [-0.39, 0.29) is 12.1 Å². The predicted octanol–water partition coefficient (Wildman–Crippen LogP) is 4.03. The molecule has 19 heavy (non-hydrogen) atoms. The van der Waals surface area contributed by atoms with E-state index in [0.717, 1.165) is 5.69 Å². The van der Waals surface area contributed by atoms with Gasteiger partial charge in [-0.15, -0.1) is 0 Å². The van der Waals surface area contributed by atoms with Crippen molar-refractivity contribution in [3.05, 3.63) is 50.3 Å². The summed E-state index contributed by atoms with van der Waals surface area (Å²) < 4.78 is 3.19. The van der Waals surface area contributed by atoms with Gasteiger partial charge in [-0.3, -0.25) is 4.68 Å². The summed E-state index contributed by atoms with van der Waals surface area (Å²) in [4.78, 5) is 0. The van der Waals surface area contributed by atoms with Crippen molar-refractivity contribution >= 4 is 34.2 Å². The van der Waals surface area contributed by atoms with Crippen molar-refractivity contribution in [3.8, 4) is 0 Å². The Labute approximate surface area is 132 Å². The molecule has 102 valence electrons. The highest BCUT2D eigenvalue weighted by molar-refractivity contribution is 14.1. The second kappa shape index (κ2) is 6.24. The Morgan fingerprint density at radius 3 is 2.68 bits per heavy atom. The maximum atomic E-state index is 6.33. The van der Waals surface area contributed by atoms with Crippen molar-refractivity contribution in [1.29, 1.82) is 0 Å². The van der Waals surface area contributed by atoms with Gasteiger partial charge in [-0.25, -0.2) is 0 Å². The van der Waals surface area contributed by atoms with Gasteiger partial charge in [-0.1, -0.05) is 23.7 Å².